The predicted molar refractivity (Wildman–Crippen MR) is 50.8 cm³/mol. The second kappa shape index (κ2) is 4.73. The van der Waals surface area contributed by atoms with Crippen molar-refractivity contribution >= 4 is 24.0 Å². The zero-order chi connectivity index (χ0) is 8.81. The Labute approximate surface area is 76.7 Å². The van der Waals surface area contributed by atoms with Gasteiger partial charge in [-0.3, -0.25) is 4.79 Å². The summed E-state index contributed by atoms with van der Waals surface area (Å²) in [7, 11) is 0. The fourth-order valence-corrected chi connectivity index (χ4v) is 1.05. The normalized spacial score (nSPS) is 10.4. The van der Waals surface area contributed by atoms with Crippen LogP contribution in [0.1, 0.15) is 12.0 Å². The lowest BCUT2D eigenvalue weighted by Gasteiger charge is -1.92. The van der Waals surface area contributed by atoms with Crippen LogP contribution >= 0.6 is 11.6 Å². The van der Waals surface area contributed by atoms with Gasteiger partial charge in [0.2, 0.25) is 6.29 Å². The van der Waals surface area contributed by atoms with Crippen LogP contribution in [-0.2, 0) is 4.79 Å². The summed E-state index contributed by atoms with van der Waals surface area (Å²) in [6.45, 7) is 0. The van der Waals surface area contributed by atoms with E-state index >= 15 is 0 Å². The molecule has 2 heteroatoms. The van der Waals surface area contributed by atoms with Gasteiger partial charge in [-0.05, 0) is 17.7 Å². The molecule has 0 N–H and O–H groups in total. The van der Waals surface area contributed by atoms with Gasteiger partial charge in [0.1, 0.15) is 0 Å². The number of halogens is 1. The summed E-state index contributed by atoms with van der Waals surface area (Å²) < 4.78 is 0. The van der Waals surface area contributed by atoms with Gasteiger partial charge in [-0.25, -0.2) is 0 Å². The molecule has 0 atom stereocenters. The summed E-state index contributed by atoms with van der Waals surface area (Å²) in [5.74, 6) is 0. The largest absolute Gasteiger partial charge is 0.291 e. The first-order valence-electron chi connectivity index (χ1n) is 3.60. The molecule has 0 aliphatic rings. The molecule has 0 amide bonds. The van der Waals surface area contributed by atoms with Crippen molar-refractivity contribution in [1.82, 2.24) is 0 Å². The van der Waals surface area contributed by atoms with E-state index in [1.165, 1.54) is 0 Å². The Morgan fingerprint density at radius 2 is 2.33 bits per heavy atom. The van der Waals surface area contributed by atoms with E-state index in [4.69, 9.17) is 11.6 Å². The minimum atomic E-state index is 0.326. The Balaban J connectivity index is 2.69. The minimum Gasteiger partial charge on any atom is -0.291 e. The van der Waals surface area contributed by atoms with E-state index in [2.05, 4.69) is 0 Å². The van der Waals surface area contributed by atoms with Crippen LogP contribution in [0.25, 0.3) is 6.08 Å². The van der Waals surface area contributed by atoms with Gasteiger partial charge in [0, 0.05) is 11.4 Å². The standard InChI is InChI=1S/C10H8ClO/c11-10-6-3-5-9(8-10)4-1-2-7-12/h1,3-6,8H,2H2. The van der Waals surface area contributed by atoms with Crippen LogP contribution in [0, 0.1) is 0 Å². The molecule has 0 fully saturated rings. The monoisotopic (exact) mass is 179 g/mol. The van der Waals surface area contributed by atoms with Crippen molar-refractivity contribution in [2.45, 2.75) is 6.42 Å². The molecule has 1 aromatic rings. The average molecular weight is 180 g/mol. The lowest BCUT2D eigenvalue weighted by atomic mass is 10.2. The summed E-state index contributed by atoms with van der Waals surface area (Å²) in [6, 6.07) is 7.44. The molecule has 0 unspecified atom stereocenters. The van der Waals surface area contributed by atoms with Crippen molar-refractivity contribution in [1.29, 1.82) is 0 Å². The number of rotatable bonds is 3. The molecular weight excluding hydrogens is 172 g/mol. The maximum absolute atomic E-state index is 9.86. The Morgan fingerprint density at radius 1 is 1.50 bits per heavy atom. The number of hydrogen-bond donors (Lipinski definition) is 0. The number of carbonyl (C=O) groups excluding carboxylic acids is 1. The smallest absolute Gasteiger partial charge is 0.202 e. The van der Waals surface area contributed by atoms with Crippen LogP contribution in [0.2, 0.25) is 5.02 Å². The summed E-state index contributed by atoms with van der Waals surface area (Å²) in [4.78, 5) is 9.86. The van der Waals surface area contributed by atoms with Crippen LogP contribution in [-0.4, -0.2) is 6.29 Å². The molecule has 0 saturated heterocycles. The molecule has 0 spiro atoms. The Bertz CT molecular complexity index is 292. The highest BCUT2D eigenvalue weighted by Gasteiger charge is 1.87. The molecular formula is C10H8ClO. The van der Waals surface area contributed by atoms with E-state index in [9.17, 15) is 4.79 Å². The molecule has 0 aliphatic carbocycles. The van der Waals surface area contributed by atoms with Crippen molar-refractivity contribution in [3.8, 4) is 0 Å². The lowest BCUT2D eigenvalue weighted by Crippen LogP contribution is -1.71. The average Bonchev–Trinajstić information content (AvgIpc) is 2.05. The maximum atomic E-state index is 9.86. The van der Waals surface area contributed by atoms with E-state index < -0.39 is 0 Å². The highest BCUT2D eigenvalue weighted by molar-refractivity contribution is 6.30. The van der Waals surface area contributed by atoms with E-state index in [0.29, 0.717) is 11.4 Å². The summed E-state index contributed by atoms with van der Waals surface area (Å²) >= 11 is 5.75. The SMILES string of the molecule is O=[C]CC=Cc1cccc(Cl)c1. The Hall–Kier alpha value is -1.08. The molecule has 1 nitrogen and oxygen atoms in total. The third-order valence-corrected chi connectivity index (χ3v) is 1.60. The van der Waals surface area contributed by atoms with Crippen molar-refractivity contribution in [3.63, 3.8) is 0 Å². The molecule has 0 aromatic heterocycles. The van der Waals surface area contributed by atoms with E-state index in [0.717, 1.165) is 5.56 Å². The molecule has 0 saturated carbocycles. The number of allylic oxidation sites excluding steroid dienone is 1. The van der Waals surface area contributed by atoms with Crippen LogP contribution in [0.15, 0.2) is 30.3 Å². The highest BCUT2D eigenvalue weighted by atomic mass is 35.5. The van der Waals surface area contributed by atoms with Crippen molar-refractivity contribution in [2.75, 3.05) is 0 Å². The van der Waals surface area contributed by atoms with Gasteiger partial charge in [-0.1, -0.05) is 35.9 Å². The Morgan fingerprint density at radius 3 is 3.00 bits per heavy atom. The van der Waals surface area contributed by atoms with Crippen molar-refractivity contribution < 1.29 is 4.79 Å². The van der Waals surface area contributed by atoms with Crippen molar-refractivity contribution in [2.24, 2.45) is 0 Å². The van der Waals surface area contributed by atoms with Gasteiger partial charge in [0.25, 0.3) is 0 Å². The second-order valence-corrected chi connectivity index (χ2v) is 2.74. The molecule has 0 bridgehead atoms. The zero-order valence-corrected chi connectivity index (χ0v) is 7.21. The predicted octanol–water partition coefficient (Wildman–Crippen LogP) is 2.85. The van der Waals surface area contributed by atoms with Gasteiger partial charge in [-0.2, -0.15) is 0 Å². The molecule has 61 valence electrons. The van der Waals surface area contributed by atoms with Crippen molar-refractivity contribution in [3.05, 3.63) is 40.9 Å². The molecule has 1 radical (unpaired) electrons. The van der Waals surface area contributed by atoms with E-state index in [1.807, 2.05) is 30.3 Å². The first kappa shape index (κ1) is 9.01. The highest BCUT2D eigenvalue weighted by Crippen LogP contribution is 2.11. The first-order valence-corrected chi connectivity index (χ1v) is 3.98. The lowest BCUT2D eigenvalue weighted by molar-refractivity contribution is 0.556. The molecule has 1 aromatic carbocycles. The molecule has 1 rings (SSSR count). The van der Waals surface area contributed by atoms with Gasteiger partial charge in [-0.15, -0.1) is 0 Å². The number of hydrogen-bond acceptors (Lipinski definition) is 1. The Kier molecular flexibility index (Phi) is 3.55. The maximum Gasteiger partial charge on any atom is 0.202 e. The fourth-order valence-electron chi connectivity index (χ4n) is 0.853. The van der Waals surface area contributed by atoms with Crippen LogP contribution in [0.5, 0.6) is 0 Å². The van der Waals surface area contributed by atoms with E-state index in [1.54, 1.807) is 12.4 Å². The molecule has 0 heterocycles. The quantitative estimate of drug-likeness (QED) is 0.698. The third kappa shape index (κ3) is 2.89. The molecule has 0 aliphatic heterocycles. The molecule has 12 heavy (non-hydrogen) atoms. The van der Waals surface area contributed by atoms with Gasteiger partial charge in [0.05, 0.1) is 0 Å². The van der Waals surface area contributed by atoms with E-state index in [-0.39, 0.29) is 0 Å². The minimum absolute atomic E-state index is 0.326. The van der Waals surface area contributed by atoms with Gasteiger partial charge >= 0.3 is 0 Å². The third-order valence-electron chi connectivity index (χ3n) is 1.36. The van der Waals surface area contributed by atoms with Gasteiger partial charge < -0.3 is 0 Å². The van der Waals surface area contributed by atoms with Crippen LogP contribution < -0.4 is 0 Å². The number of benzene rings is 1. The van der Waals surface area contributed by atoms with Crippen LogP contribution in [0.4, 0.5) is 0 Å². The topological polar surface area (TPSA) is 17.1 Å². The second-order valence-electron chi connectivity index (χ2n) is 2.31. The first-order chi connectivity index (χ1) is 5.83. The van der Waals surface area contributed by atoms with Crippen LogP contribution in [0.3, 0.4) is 0 Å². The summed E-state index contributed by atoms with van der Waals surface area (Å²) in [5.41, 5.74) is 0.998. The zero-order valence-electron chi connectivity index (χ0n) is 6.46. The van der Waals surface area contributed by atoms with Gasteiger partial charge in [0.15, 0.2) is 0 Å². The summed E-state index contributed by atoms with van der Waals surface area (Å²) in [5, 5.41) is 0.701. The fraction of sp³-hybridized carbons (Fsp3) is 0.100. The summed E-state index contributed by atoms with van der Waals surface area (Å²) in [6.07, 6.45) is 5.70.